The number of rotatable bonds is 3. The fourth-order valence-corrected chi connectivity index (χ4v) is 4.13. The van der Waals surface area contributed by atoms with E-state index in [9.17, 15) is 4.79 Å². The van der Waals surface area contributed by atoms with E-state index in [1.54, 1.807) is 6.20 Å². The smallest absolute Gasteiger partial charge is 0.255 e. The van der Waals surface area contributed by atoms with Crippen LogP contribution in [0.1, 0.15) is 54.6 Å². The van der Waals surface area contributed by atoms with Gasteiger partial charge in [0.15, 0.2) is 0 Å². The van der Waals surface area contributed by atoms with Crippen molar-refractivity contribution >= 4 is 23.3 Å². The van der Waals surface area contributed by atoms with Gasteiger partial charge in [0.05, 0.1) is 23.2 Å². The minimum Gasteiger partial charge on any atom is -0.492 e. The number of ether oxygens (including phenoxy) is 1. The van der Waals surface area contributed by atoms with Gasteiger partial charge in [-0.1, -0.05) is 30.7 Å². The van der Waals surface area contributed by atoms with Crippen molar-refractivity contribution in [2.24, 2.45) is 5.92 Å². The van der Waals surface area contributed by atoms with Crippen LogP contribution in [0.5, 0.6) is 5.75 Å². The van der Waals surface area contributed by atoms with Crippen LogP contribution in [0.2, 0.25) is 5.02 Å². The number of nitrogens with zero attached hydrogens (tertiary/aromatic N) is 2. The van der Waals surface area contributed by atoms with E-state index in [-0.39, 0.29) is 11.9 Å². The zero-order chi connectivity index (χ0) is 19.5. The second kappa shape index (κ2) is 8.39. The number of likely N-dealkylation sites (tertiary alicyclic amines) is 1. The Morgan fingerprint density at radius 2 is 2.04 bits per heavy atom. The van der Waals surface area contributed by atoms with Crippen LogP contribution in [0, 0.1) is 5.92 Å². The minimum absolute atomic E-state index is 0.0749. The van der Waals surface area contributed by atoms with Gasteiger partial charge in [-0.3, -0.25) is 4.79 Å². The summed E-state index contributed by atoms with van der Waals surface area (Å²) < 4.78 is 5.83. The van der Waals surface area contributed by atoms with Crippen LogP contribution < -0.4 is 10.1 Å². The Morgan fingerprint density at radius 1 is 1.21 bits per heavy atom. The molecule has 2 aromatic rings. The van der Waals surface area contributed by atoms with Crippen LogP contribution in [0.4, 0.5) is 5.82 Å². The number of fused-ring (bicyclic) bond motifs is 1. The first-order valence-corrected chi connectivity index (χ1v) is 10.4. The van der Waals surface area contributed by atoms with E-state index in [2.05, 4.69) is 17.2 Å². The molecule has 0 radical (unpaired) electrons. The highest BCUT2D eigenvalue weighted by molar-refractivity contribution is 6.32. The minimum atomic E-state index is 0.0749. The molecule has 0 saturated carbocycles. The monoisotopic (exact) mass is 399 g/mol. The molecule has 3 heterocycles. The number of carbonyl (C=O) groups excluding carboxylic acids is 1. The highest BCUT2D eigenvalue weighted by Crippen LogP contribution is 2.38. The predicted octanol–water partition coefficient (Wildman–Crippen LogP) is 4.93. The first-order valence-electron chi connectivity index (χ1n) is 10.0. The second-order valence-corrected chi connectivity index (χ2v) is 8.16. The number of anilines is 1. The first-order chi connectivity index (χ1) is 13.6. The molecule has 0 bridgehead atoms. The maximum absolute atomic E-state index is 12.7. The number of amides is 1. The lowest BCUT2D eigenvalue weighted by atomic mass is 9.99. The van der Waals surface area contributed by atoms with E-state index in [0.717, 1.165) is 55.9 Å². The van der Waals surface area contributed by atoms with Crippen LogP contribution in [-0.4, -0.2) is 35.5 Å². The van der Waals surface area contributed by atoms with E-state index in [4.69, 9.17) is 16.3 Å². The van der Waals surface area contributed by atoms with Gasteiger partial charge in [-0.15, -0.1) is 0 Å². The third-order valence-electron chi connectivity index (χ3n) is 5.66. The molecule has 0 spiro atoms. The third kappa shape index (κ3) is 4.09. The SMILES string of the molecule is CC1CCN(C(=O)c2ccc(NC3CCCOc4c(Cl)cccc43)nc2)CC1. The molecule has 1 saturated heterocycles. The molecular formula is C22H26ClN3O2. The van der Waals surface area contributed by atoms with Crippen LogP contribution in [-0.2, 0) is 0 Å². The highest BCUT2D eigenvalue weighted by Gasteiger charge is 2.23. The molecule has 1 fully saturated rings. The molecule has 1 unspecified atom stereocenters. The van der Waals surface area contributed by atoms with Crippen LogP contribution in [0.15, 0.2) is 36.5 Å². The molecule has 148 valence electrons. The number of nitrogens with one attached hydrogen (secondary N) is 1. The van der Waals surface area contributed by atoms with E-state index >= 15 is 0 Å². The summed E-state index contributed by atoms with van der Waals surface area (Å²) in [6.07, 6.45) is 5.69. The van der Waals surface area contributed by atoms with Gasteiger partial charge in [-0.25, -0.2) is 4.98 Å². The molecule has 6 heteroatoms. The number of pyridine rings is 1. The van der Waals surface area contributed by atoms with Crippen molar-refractivity contribution in [3.8, 4) is 5.75 Å². The molecule has 1 aromatic carbocycles. The number of hydrogen-bond acceptors (Lipinski definition) is 4. The third-order valence-corrected chi connectivity index (χ3v) is 5.96. The summed E-state index contributed by atoms with van der Waals surface area (Å²) in [4.78, 5) is 19.1. The van der Waals surface area contributed by atoms with Crippen molar-refractivity contribution in [3.63, 3.8) is 0 Å². The Morgan fingerprint density at radius 3 is 2.79 bits per heavy atom. The average molecular weight is 400 g/mol. The lowest BCUT2D eigenvalue weighted by molar-refractivity contribution is 0.0697. The van der Waals surface area contributed by atoms with Crippen LogP contribution in [0.3, 0.4) is 0 Å². The molecule has 5 nitrogen and oxygen atoms in total. The first kappa shape index (κ1) is 19.1. The maximum atomic E-state index is 12.7. The summed E-state index contributed by atoms with van der Waals surface area (Å²) in [5, 5.41) is 4.12. The van der Waals surface area contributed by atoms with Gasteiger partial charge >= 0.3 is 0 Å². The molecule has 1 amide bonds. The van der Waals surface area contributed by atoms with Crippen molar-refractivity contribution in [3.05, 3.63) is 52.7 Å². The number of aromatic nitrogens is 1. The van der Waals surface area contributed by atoms with Crippen molar-refractivity contribution in [1.29, 1.82) is 0 Å². The topological polar surface area (TPSA) is 54.5 Å². The Bertz CT molecular complexity index is 832. The second-order valence-electron chi connectivity index (χ2n) is 7.75. The molecule has 2 aliphatic heterocycles. The Labute approximate surface area is 171 Å². The number of hydrogen-bond donors (Lipinski definition) is 1. The zero-order valence-electron chi connectivity index (χ0n) is 16.2. The molecule has 0 aliphatic carbocycles. The van der Waals surface area contributed by atoms with Gasteiger partial charge < -0.3 is 15.0 Å². The van der Waals surface area contributed by atoms with E-state index in [1.165, 1.54) is 0 Å². The van der Waals surface area contributed by atoms with E-state index in [0.29, 0.717) is 23.1 Å². The van der Waals surface area contributed by atoms with Crippen LogP contribution in [0.25, 0.3) is 0 Å². The number of halogens is 1. The highest BCUT2D eigenvalue weighted by atomic mass is 35.5. The number of carbonyl (C=O) groups is 1. The summed E-state index contributed by atoms with van der Waals surface area (Å²) in [5.74, 6) is 2.28. The lowest BCUT2D eigenvalue weighted by Crippen LogP contribution is -2.37. The summed E-state index contributed by atoms with van der Waals surface area (Å²) in [6, 6.07) is 9.66. The Hall–Kier alpha value is -2.27. The van der Waals surface area contributed by atoms with Gasteiger partial charge in [-0.05, 0) is 49.8 Å². The summed E-state index contributed by atoms with van der Waals surface area (Å²) in [6.45, 7) is 4.57. The van der Waals surface area contributed by atoms with E-state index in [1.807, 2.05) is 35.2 Å². The molecule has 2 aliphatic rings. The molecule has 1 aromatic heterocycles. The largest absolute Gasteiger partial charge is 0.492 e. The van der Waals surface area contributed by atoms with Crippen molar-refractivity contribution in [2.45, 2.75) is 38.6 Å². The van der Waals surface area contributed by atoms with Gasteiger partial charge in [-0.2, -0.15) is 0 Å². The molecule has 4 rings (SSSR count). The Balaban J connectivity index is 1.46. The summed E-state index contributed by atoms with van der Waals surface area (Å²) in [7, 11) is 0. The maximum Gasteiger partial charge on any atom is 0.255 e. The number of benzene rings is 1. The predicted molar refractivity (Wildman–Crippen MR) is 111 cm³/mol. The molecule has 1 atom stereocenters. The zero-order valence-corrected chi connectivity index (χ0v) is 16.9. The van der Waals surface area contributed by atoms with Crippen molar-refractivity contribution in [1.82, 2.24) is 9.88 Å². The summed E-state index contributed by atoms with van der Waals surface area (Å²) in [5.41, 5.74) is 1.70. The molecule has 28 heavy (non-hydrogen) atoms. The van der Waals surface area contributed by atoms with Gasteiger partial charge in [0.1, 0.15) is 11.6 Å². The normalized spacial score (nSPS) is 20.1. The van der Waals surface area contributed by atoms with Crippen molar-refractivity contribution in [2.75, 3.05) is 25.0 Å². The standard InChI is InChI=1S/C22H26ClN3O2/c1-15-9-11-26(12-10-15)22(27)16-7-8-20(24-14-16)25-19-6-3-13-28-21-17(19)4-2-5-18(21)23/h2,4-5,7-8,14-15,19H,3,6,9-13H2,1H3,(H,24,25). The lowest BCUT2D eigenvalue weighted by Gasteiger charge is -2.30. The molecule has 1 N–H and O–H groups in total. The van der Waals surface area contributed by atoms with Crippen molar-refractivity contribution < 1.29 is 9.53 Å². The quantitative estimate of drug-likeness (QED) is 0.794. The fraction of sp³-hybridized carbons (Fsp3) is 0.455. The number of para-hydroxylation sites is 1. The molecular weight excluding hydrogens is 374 g/mol. The summed E-state index contributed by atoms with van der Waals surface area (Å²) >= 11 is 6.31. The van der Waals surface area contributed by atoms with Gasteiger partial charge in [0.2, 0.25) is 0 Å². The Kier molecular flexibility index (Phi) is 5.72. The van der Waals surface area contributed by atoms with E-state index < -0.39 is 0 Å². The fourth-order valence-electron chi connectivity index (χ4n) is 3.90. The van der Waals surface area contributed by atoms with Crippen LogP contribution >= 0.6 is 11.6 Å². The van der Waals surface area contributed by atoms with Gasteiger partial charge in [0.25, 0.3) is 5.91 Å². The van der Waals surface area contributed by atoms with Gasteiger partial charge in [0, 0.05) is 24.8 Å². The number of piperidine rings is 1. The average Bonchev–Trinajstić information content (AvgIpc) is 2.92.